The Hall–Kier alpha value is -3.53. The second kappa shape index (κ2) is 7.57. The van der Waals surface area contributed by atoms with Crippen molar-refractivity contribution in [1.29, 1.82) is 5.26 Å². The molecule has 0 saturated heterocycles. The monoisotopic (exact) mass is 352 g/mol. The average Bonchev–Trinajstić information content (AvgIpc) is 2.66. The van der Waals surface area contributed by atoms with E-state index in [9.17, 15) is 9.59 Å². The Morgan fingerprint density at radius 2 is 2.08 bits per heavy atom. The molecule has 0 fully saturated rings. The van der Waals surface area contributed by atoms with E-state index in [0.29, 0.717) is 40.7 Å². The van der Waals surface area contributed by atoms with E-state index in [-0.39, 0.29) is 24.9 Å². The molecule has 0 unspecified atom stereocenters. The number of fused-ring (bicyclic) bond motifs is 1. The van der Waals surface area contributed by atoms with Crippen molar-refractivity contribution < 1.29 is 23.8 Å². The molecule has 2 aromatic carbocycles. The molecule has 0 saturated carbocycles. The summed E-state index contributed by atoms with van der Waals surface area (Å²) in [6.07, 6.45) is 0. The molecule has 7 heteroatoms. The molecule has 0 aromatic heterocycles. The number of carbonyl (C=O) groups is 2. The van der Waals surface area contributed by atoms with E-state index in [1.54, 1.807) is 36.4 Å². The van der Waals surface area contributed by atoms with Crippen molar-refractivity contribution in [3.63, 3.8) is 0 Å². The van der Waals surface area contributed by atoms with E-state index in [4.69, 9.17) is 19.5 Å². The first-order chi connectivity index (χ1) is 12.6. The number of Topliss-reactive ketones (excluding diaryl/α,β-unsaturated/α-hetero) is 1. The third-order valence-corrected chi connectivity index (χ3v) is 3.67. The van der Waals surface area contributed by atoms with Gasteiger partial charge in [0.25, 0.3) is 5.91 Å². The molecule has 0 aliphatic carbocycles. The molecule has 3 rings (SSSR count). The van der Waals surface area contributed by atoms with Crippen LogP contribution in [0.5, 0.6) is 17.2 Å². The first-order valence-corrected chi connectivity index (χ1v) is 8.00. The molecule has 26 heavy (non-hydrogen) atoms. The van der Waals surface area contributed by atoms with Crippen LogP contribution in [0.1, 0.15) is 22.8 Å². The topological polar surface area (TPSA) is 97.6 Å². The van der Waals surface area contributed by atoms with Crippen molar-refractivity contribution in [2.45, 2.75) is 6.92 Å². The summed E-state index contributed by atoms with van der Waals surface area (Å²) in [7, 11) is 0. The highest BCUT2D eigenvalue weighted by atomic mass is 16.5. The Kier molecular flexibility index (Phi) is 5.04. The maximum Gasteiger partial charge on any atom is 0.262 e. The van der Waals surface area contributed by atoms with Crippen LogP contribution in [0.4, 0.5) is 5.69 Å². The minimum absolute atomic E-state index is 0.0394. The molecule has 7 nitrogen and oxygen atoms in total. The lowest BCUT2D eigenvalue weighted by Gasteiger charge is -2.18. The summed E-state index contributed by atoms with van der Waals surface area (Å²) in [6.45, 7) is 1.98. The van der Waals surface area contributed by atoms with Crippen LogP contribution in [0.15, 0.2) is 36.4 Å². The van der Waals surface area contributed by atoms with Gasteiger partial charge < -0.3 is 19.5 Å². The van der Waals surface area contributed by atoms with E-state index in [0.717, 1.165) is 0 Å². The Balaban J connectivity index is 1.72. The van der Waals surface area contributed by atoms with Gasteiger partial charge in [0.2, 0.25) is 0 Å². The normalized spacial score (nSPS) is 12.2. The maximum atomic E-state index is 12.4. The average molecular weight is 352 g/mol. The Morgan fingerprint density at radius 1 is 1.23 bits per heavy atom. The summed E-state index contributed by atoms with van der Waals surface area (Å²) in [6, 6.07) is 11.6. The number of benzene rings is 2. The zero-order valence-corrected chi connectivity index (χ0v) is 14.1. The third kappa shape index (κ3) is 3.75. The molecule has 1 amide bonds. The van der Waals surface area contributed by atoms with E-state index >= 15 is 0 Å². The lowest BCUT2D eigenvalue weighted by Crippen LogP contribution is -2.25. The third-order valence-electron chi connectivity index (χ3n) is 3.67. The van der Waals surface area contributed by atoms with E-state index < -0.39 is 0 Å². The number of hydrogen-bond acceptors (Lipinski definition) is 6. The van der Waals surface area contributed by atoms with Gasteiger partial charge in [-0.3, -0.25) is 9.59 Å². The second-order valence-electron chi connectivity index (χ2n) is 5.47. The zero-order chi connectivity index (χ0) is 18.5. The molecule has 0 spiro atoms. The minimum Gasteiger partial charge on any atom is -0.490 e. The minimum atomic E-state index is -0.266. The largest absolute Gasteiger partial charge is 0.490 e. The van der Waals surface area contributed by atoms with Crippen LogP contribution in [0.3, 0.4) is 0 Å². The molecule has 0 bridgehead atoms. The van der Waals surface area contributed by atoms with Crippen molar-refractivity contribution in [1.82, 2.24) is 0 Å². The Labute approximate surface area is 150 Å². The van der Waals surface area contributed by atoms with Gasteiger partial charge in [0.1, 0.15) is 5.75 Å². The summed E-state index contributed by atoms with van der Waals surface area (Å²) in [5.41, 5.74) is 1.29. The first-order valence-electron chi connectivity index (χ1n) is 8.00. The summed E-state index contributed by atoms with van der Waals surface area (Å²) >= 11 is 0. The number of carbonyl (C=O) groups excluding carboxylic acids is 2. The van der Waals surface area contributed by atoms with Gasteiger partial charge in [-0.2, -0.15) is 5.26 Å². The van der Waals surface area contributed by atoms with E-state index in [1.807, 2.05) is 13.0 Å². The predicted octanol–water partition coefficient (Wildman–Crippen LogP) is 2.55. The van der Waals surface area contributed by atoms with E-state index in [2.05, 4.69) is 5.32 Å². The van der Waals surface area contributed by atoms with Gasteiger partial charge in [0.05, 0.1) is 23.9 Å². The van der Waals surface area contributed by atoms with Crippen LogP contribution < -0.4 is 19.5 Å². The number of ketones is 1. The lowest BCUT2D eigenvalue weighted by atomic mass is 10.1. The number of hydrogen-bond donors (Lipinski definition) is 1. The molecule has 1 aliphatic rings. The highest BCUT2D eigenvalue weighted by molar-refractivity contribution is 6.01. The fraction of sp³-hybridized carbons (Fsp3) is 0.211. The van der Waals surface area contributed by atoms with Crippen molar-refractivity contribution >= 4 is 17.4 Å². The summed E-state index contributed by atoms with van der Waals surface area (Å²) in [4.78, 5) is 23.8. The van der Waals surface area contributed by atoms with Crippen LogP contribution in [0, 0.1) is 11.3 Å². The Morgan fingerprint density at radius 3 is 2.85 bits per heavy atom. The maximum absolute atomic E-state index is 12.4. The molecule has 1 heterocycles. The summed E-state index contributed by atoms with van der Waals surface area (Å²) < 4.78 is 16.3. The van der Waals surface area contributed by atoms with Crippen LogP contribution >= 0.6 is 0 Å². The first kappa shape index (κ1) is 17.3. The summed E-state index contributed by atoms with van der Waals surface area (Å²) in [5, 5.41) is 11.6. The molecule has 2 aromatic rings. The molecule has 1 aliphatic heterocycles. The van der Waals surface area contributed by atoms with Crippen LogP contribution in [-0.4, -0.2) is 31.5 Å². The number of nitrogens with one attached hydrogen (secondary N) is 1. The molecular formula is C19H16N2O5. The van der Waals surface area contributed by atoms with Gasteiger partial charge in [0.15, 0.2) is 30.5 Å². The van der Waals surface area contributed by atoms with Gasteiger partial charge in [-0.1, -0.05) is 0 Å². The molecule has 132 valence electrons. The van der Waals surface area contributed by atoms with Gasteiger partial charge in [-0.25, -0.2) is 0 Å². The fourth-order valence-corrected chi connectivity index (χ4v) is 2.45. The van der Waals surface area contributed by atoms with Crippen LogP contribution in [0.2, 0.25) is 0 Å². The van der Waals surface area contributed by atoms with Crippen molar-refractivity contribution in [2.75, 3.05) is 25.1 Å². The molecule has 0 radical (unpaired) electrons. The number of amides is 1. The predicted molar refractivity (Wildman–Crippen MR) is 92.7 cm³/mol. The molecule has 0 atom stereocenters. The van der Waals surface area contributed by atoms with E-state index in [1.165, 1.54) is 0 Å². The van der Waals surface area contributed by atoms with Gasteiger partial charge in [-0.15, -0.1) is 0 Å². The zero-order valence-electron chi connectivity index (χ0n) is 14.1. The van der Waals surface area contributed by atoms with Gasteiger partial charge >= 0.3 is 0 Å². The van der Waals surface area contributed by atoms with Crippen molar-refractivity contribution in [3.05, 3.63) is 47.5 Å². The van der Waals surface area contributed by atoms with Gasteiger partial charge in [-0.05, 0) is 37.3 Å². The number of anilines is 1. The highest BCUT2D eigenvalue weighted by Crippen LogP contribution is 2.30. The van der Waals surface area contributed by atoms with Crippen LogP contribution in [0.25, 0.3) is 0 Å². The fourth-order valence-electron chi connectivity index (χ4n) is 2.45. The number of nitrogens with zero attached hydrogens (tertiary/aromatic N) is 1. The highest BCUT2D eigenvalue weighted by Gasteiger charge is 2.18. The molecule has 1 N–H and O–H groups in total. The SMILES string of the molecule is CCOc1cc(C#N)ccc1OCC(=O)c1ccc2c(c1)NC(=O)CO2. The summed E-state index contributed by atoms with van der Waals surface area (Å²) in [5.74, 6) is 0.781. The van der Waals surface area contributed by atoms with Crippen molar-refractivity contribution in [2.24, 2.45) is 0 Å². The Bertz CT molecular complexity index is 901. The standard InChI is InChI=1S/C19H16N2O5/c1-2-24-18-7-12(9-20)3-5-17(18)25-10-15(22)13-4-6-16-14(8-13)21-19(23)11-26-16/h3-8H,2,10-11H2,1H3,(H,21,23). The second-order valence-corrected chi connectivity index (χ2v) is 5.47. The lowest BCUT2D eigenvalue weighted by molar-refractivity contribution is -0.118. The quantitative estimate of drug-likeness (QED) is 0.803. The number of rotatable bonds is 6. The van der Waals surface area contributed by atoms with Crippen molar-refractivity contribution in [3.8, 4) is 23.3 Å². The smallest absolute Gasteiger partial charge is 0.262 e. The number of ether oxygens (including phenoxy) is 3. The molecular weight excluding hydrogens is 336 g/mol. The van der Waals surface area contributed by atoms with Gasteiger partial charge in [0, 0.05) is 11.6 Å². The van der Waals surface area contributed by atoms with Crippen LogP contribution in [-0.2, 0) is 4.79 Å². The number of nitriles is 1.